The summed E-state index contributed by atoms with van der Waals surface area (Å²) in [5.74, 6) is 0. The lowest BCUT2D eigenvalue weighted by atomic mass is 10.0. The first kappa shape index (κ1) is 12.1. The Bertz CT molecular complexity index is 746. The predicted octanol–water partition coefficient (Wildman–Crippen LogP) is 3.81. The zero-order valence-electron chi connectivity index (χ0n) is 11.0. The summed E-state index contributed by atoms with van der Waals surface area (Å²) >= 11 is 1.47. The molecule has 4 heteroatoms. The van der Waals surface area contributed by atoms with Gasteiger partial charge < -0.3 is 5.73 Å². The van der Waals surface area contributed by atoms with Crippen LogP contribution in [0.1, 0.15) is 18.2 Å². The normalized spacial score (nSPS) is 11.1. The minimum Gasteiger partial charge on any atom is -0.375 e. The Balaban J connectivity index is 2.32. The molecule has 96 valence electrons. The molecule has 19 heavy (non-hydrogen) atoms. The summed E-state index contributed by atoms with van der Waals surface area (Å²) in [4.78, 5) is 8.98. The van der Waals surface area contributed by atoms with Crippen LogP contribution in [0.15, 0.2) is 29.6 Å². The van der Waals surface area contributed by atoms with Gasteiger partial charge in [-0.3, -0.25) is 4.98 Å². The van der Waals surface area contributed by atoms with E-state index in [1.54, 1.807) is 0 Å². The van der Waals surface area contributed by atoms with Gasteiger partial charge in [0.25, 0.3) is 0 Å². The monoisotopic (exact) mass is 269 g/mol. The Morgan fingerprint density at radius 2 is 2.05 bits per heavy atom. The number of nitrogen functional groups attached to an aromatic ring is 1. The van der Waals surface area contributed by atoms with Gasteiger partial charge in [-0.1, -0.05) is 13.0 Å². The summed E-state index contributed by atoms with van der Waals surface area (Å²) in [6.07, 6.45) is 1.02. The van der Waals surface area contributed by atoms with Crippen molar-refractivity contribution in [2.75, 3.05) is 5.73 Å². The topological polar surface area (TPSA) is 51.8 Å². The van der Waals surface area contributed by atoms with Crippen molar-refractivity contribution in [1.29, 1.82) is 0 Å². The van der Waals surface area contributed by atoms with Gasteiger partial charge in [0.15, 0.2) is 5.13 Å². The summed E-state index contributed by atoms with van der Waals surface area (Å²) in [6.45, 7) is 4.16. The zero-order chi connectivity index (χ0) is 13.4. The lowest BCUT2D eigenvalue weighted by Gasteiger charge is -2.07. The second-order valence-electron chi connectivity index (χ2n) is 4.59. The van der Waals surface area contributed by atoms with Crippen molar-refractivity contribution in [2.45, 2.75) is 20.3 Å². The van der Waals surface area contributed by atoms with Gasteiger partial charge in [0.05, 0.1) is 11.2 Å². The van der Waals surface area contributed by atoms with Gasteiger partial charge in [0, 0.05) is 22.0 Å². The number of nitrogens with zero attached hydrogens (tertiary/aromatic N) is 2. The van der Waals surface area contributed by atoms with E-state index in [0.717, 1.165) is 34.3 Å². The third-order valence-corrected chi connectivity index (χ3v) is 3.88. The van der Waals surface area contributed by atoms with Crippen LogP contribution in [-0.4, -0.2) is 9.97 Å². The SMILES string of the molecule is CCc1ccc2nc(C)cc(-c3csc(N)n3)c2c1. The van der Waals surface area contributed by atoms with Crippen molar-refractivity contribution in [1.82, 2.24) is 9.97 Å². The van der Waals surface area contributed by atoms with Crippen molar-refractivity contribution in [3.05, 3.63) is 40.9 Å². The van der Waals surface area contributed by atoms with Crippen LogP contribution in [0.25, 0.3) is 22.2 Å². The largest absolute Gasteiger partial charge is 0.375 e. The molecule has 0 spiro atoms. The van der Waals surface area contributed by atoms with E-state index in [-0.39, 0.29) is 0 Å². The van der Waals surface area contributed by atoms with Crippen LogP contribution in [0, 0.1) is 6.92 Å². The third kappa shape index (κ3) is 2.19. The van der Waals surface area contributed by atoms with Crippen molar-refractivity contribution in [3.8, 4) is 11.3 Å². The number of benzene rings is 1. The minimum atomic E-state index is 0.601. The van der Waals surface area contributed by atoms with Crippen LogP contribution in [-0.2, 0) is 6.42 Å². The molecule has 0 amide bonds. The van der Waals surface area contributed by atoms with Gasteiger partial charge in [-0.05, 0) is 37.1 Å². The summed E-state index contributed by atoms with van der Waals surface area (Å²) in [6, 6.07) is 8.50. The molecule has 2 aromatic heterocycles. The molecule has 0 saturated heterocycles. The van der Waals surface area contributed by atoms with E-state index in [0.29, 0.717) is 5.13 Å². The molecule has 0 aliphatic rings. The van der Waals surface area contributed by atoms with Crippen LogP contribution in [0.4, 0.5) is 5.13 Å². The molecule has 0 aliphatic heterocycles. The lowest BCUT2D eigenvalue weighted by Crippen LogP contribution is -1.91. The first-order valence-corrected chi connectivity index (χ1v) is 7.17. The number of anilines is 1. The van der Waals surface area contributed by atoms with Gasteiger partial charge in [0.2, 0.25) is 0 Å². The van der Waals surface area contributed by atoms with E-state index in [4.69, 9.17) is 5.73 Å². The van der Waals surface area contributed by atoms with Crippen LogP contribution >= 0.6 is 11.3 Å². The third-order valence-electron chi connectivity index (χ3n) is 3.21. The highest BCUT2D eigenvalue weighted by Gasteiger charge is 2.09. The molecule has 0 bridgehead atoms. The molecule has 2 heterocycles. The molecule has 3 rings (SSSR count). The molecular formula is C15H15N3S. The maximum Gasteiger partial charge on any atom is 0.180 e. The summed E-state index contributed by atoms with van der Waals surface area (Å²) < 4.78 is 0. The molecule has 1 aromatic carbocycles. The van der Waals surface area contributed by atoms with Crippen LogP contribution in [0.3, 0.4) is 0 Å². The summed E-state index contributed by atoms with van der Waals surface area (Å²) in [5, 5.41) is 3.75. The summed E-state index contributed by atoms with van der Waals surface area (Å²) in [7, 11) is 0. The van der Waals surface area contributed by atoms with Crippen molar-refractivity contribution in [3.63, 3.8) is 0 Å². The molecule has 2 N–H and O–H groups in total. The van der Waals surface area contributed by atoms with Gasteiger partial charge in [-0.25, -0.2) is 4.98 Å². The molecule has 0 fully saturated rings. The maximum absolute atomic E-state index is 5.75. The highest BCUT2D eigenvalue weighted by Crippen LogP contribution is 2.30. The fraction of sp³-hybridized carbons (Fsp3) is 0.200. The fourth-order valence-electron chi connectivity index (χ4n) is 2.25. The molecule has 0 aliphatic carbocycles. The first-order chi connectivity index (χ1) is 9.17. The van der Waals surface area contributed by atoms with Gasteiger partial charge in [-0.2, -0.15) is 0 Å². The van der Waals surface area contributed by atoms with E-state index in [9.17, 15) is 0 Å². The molecule has 0 unspecified atom stereocenters. The molecule has 0 saturated carbocycles. The quantitative estimate of drug-likeness (QED) is 0.769. The Kier molecular flexibility index (Phi) is 2.95. The highest BCUT2D eigenvalue weighted by molar-refractivity contribution is 7.13. The number of fused-ring (bicyclic) bond motifs is 1. The van der Waals surface area contributed by atoms with Crippen molar-refractivity contribution < 1.29 is 0 Å². The molecule has 3 nitrogen and oxygen atoms in total. The number of thiazole rings is 1. The Morgan fingerprint density at radius 3 is 2.74 bits per heavy atom. The van der Waals surface area contributed by atoms with Gasteiger partial charge in [-0.15, -0.1) is 11.3 Å². The standard InChI is InChI=1S/C15H15N3S/c1-3-10-4-5-13-12(7-10)11(6-9(2)17-13)14-8-19-15(16)18-14/h4-8H,3H2,1-2H3,(H2,16,18). The number of nitrogens with two attached hydrogens (primary N) is 1. The van der Waals surface area contributed by atoms with Crippen molar-refractivity contribution in [2.24, 2.45) is 0 Å². The van der Waals surface area contributed by atoms with E-state index in [2.05, 4.69) is 41.2 Å². The number of hydrogen-bond acceptors (Lipinski definition) is 4. The molecule has 0 radical (unpaired) electrons. The zero-order valence-corrected chi connectivity index (χ0v) is 11.8. The smallest absolute Gasteiger partial charge is 0.180 e. The van der Waals surface area contributed by atoms with Crippen LogP contribution < -0.4 is 5.73 Å². The Labute approximate surface area is 116 Å². The highest BCUT2D eigenvalue weighted by atomic mass is 32.1. The molecule has 0 atom stereocenters. The Hall–Kier alpha value is -1.94. The number of pyridine rings is 1. The number of rotatable bonds is 2. The average Bonchev–Trinajstić information content (AvgIpc) is 2.84. The predicted molar refractivity (Wildman–Crippen MR) is 81.4 cm³/mol. The minimum absolute atomic E-state index is 0.601. The Morgan fingerprint density at radius 1 is 1.21 bits per heavy atom. The number of aromatic nitrogens is 2. The first-order valence-electron chi connectivity index (χ1n) is 6.29. The van der Waals surface area contributed by atoms with E-state index in [1.165, 1.54) is 16.9 Å². The second kappa shape index (κ2) is 4.63. The maximum atomic E-state index is 5.75. The summed E-state index contributed by atoms with van der Waals surface area (Å²) in [5.41, 5.74) is 11.1. The number of aryl methyl sites for hydroxylation is 2. The van der Waals surface area contributed by atoms with E-state index in [1.807, 2.05) is 12.3 Å². The lowest BCUT2D eigenvalue weighted by molar-refractivity contribution is 1.14. The second-order valence-corrected chi connectivity index (χ2v) is 5.48. The van der Waals surface area contributed by atoms with E-state index >= 15 is 0 Å². The molecular weight excluding hydrogens is 254 g/mol. The van der Waals surface area contributed by atoms with Crippen LogP contribution in [0.2, 0.25) is 0 Å². The van der Waals surface area contributed by atoms with Gasteiger partial charge >= 0.3 is 0 Å². The van der Waals surface area contributed by atoms with Crippen LogP contribution in [0.5, 0.6) is 0 Å². The number of hydrogen-bond donors (Lipinski definition) is 1. The fourth-order valence-corrected chi connectivity index (χ4v) is 2.81. The van der Waals surface area contributed by atoms with Gasteiger partial charge in [0.1, 0.15) is 0 Å². The van der Waals surface area contributed by atoms with E-state index < -0.39 is 0 Å². The van der Waals surface area contributed by atoms with Crippen molar-refractivity contribution >= 4 is 27.4 Å². The average molecular weight is 269 g/mol. The molecule has 3 aromatic rings.